The number of nitrogens with zero attached hydrogens (tertiary/aromatic N) is 4. The van der Waals surface area contributed by atoms with E-state index in [1.54, 1.807) is 0 Å². The Labute approximate surface area is 247 Å². The van der Waals surface area contributed by atoms with Crippen molar-refractivity contribution in [3.8, 4) is 0 Å². The molecule has 0 unspecified atom stereocenters. The van der Waals surface area contributed by atoms with E-state index in [9.17, 15) is 0 Å². The van der Waals surface area contributed by atoms with Gasteiger partial charge in [0.15, 0.2) is 0 Å². The van der Waals surface area contributed by atoms with Crippen molar-refractivity contribution in [2.75, 3.05) is 0 Å². The number of aryl methyl sites for hydroxylation is 8. The molecular formula is C28H40Cl2N4O4Pt+4. The van der Waals surface area contributed by atoms with E-state index in [0.717, 1.165) is 45.6 Å². The van der Waals surface area contributed by atoms with Crippen molar-refractivity contribution in [1.82, 2.24) is 0 Å². The second kappa shape index (κ2) is 19.2. The number of halogens is 2. The van der Waals surface area contributed by atoms with Gasteiger partial charge in [-0.2, -0.15) is 0 Å². The molecule has 4 N–H and O–H groups in total. The molecule has 0 aliphatic heterocycles. The number of hydrogen-bond donors (Lipinski definition) is 4. The topological polar surface area (TPSA) is 96.4 Å². The van der Waals surface area contributed by atoms with E-state index in [4.69, 9.17) is 39.7 Å². The fourth-order valence-corrected chi connectivity index (χ4v) is 2.98. The number of rotatable bonds is 0. The van der Waals surface area contributed by atoms with Crippen molar-refractivity contribution in [2.45, 2.75) is 55.4 Å². The van der Waals surface area contributed by atoms with Gasteiger partial charge < -0.3 is 0 Å². The third-order valence-corrected chi connectivity index (χ3v) is 5.37. The second-order valence-electron chi connectivity index (χ2n) is 8.53. The van der Waals surface area contributed by atoms with Gasteiger partial charge in [-0.15, -0.1) is 0 Å². The van der Waals surface area contributed by atoms with Crippen LogP contribution in [0, 0.1) is 55.4 Å². The van der Waals surface area contributed by atoms with Crippen LogP contribution >= 0.6 is 18.8 Å². The molecule has 39 heavy (non-hydrogen) atoms. The molecule has 4 aromatic heterocycles. The van der Waals surface area contributed by atoms with Gasteiger partial charge in [0, 0.05) is 123 Å². The van der Waals surface area contributed by atoms with Gasteiger partial charge in [0.1, 0.15) is 0 Å². The number of aromatic nitrogens is 4. The van der Waals surface area contributed by atoms with Gasteiger partial charge in [0.25, 0.3) is 0 Å². The Morgan fingerprint density at radius 3 is 0.564 bits per heavy atom. The SMILES string of the molecule is Cc1cccc(C)[n+]1O.Cc1cccc(C)[n+]1O.Cc1cccc(C)[n+]1O.Cc1cccc(C)[n+]1O.[Cl][Pt][Cl]. The molecule has 216 valence electrons. The summed E-state index contributed by atoms with van der Waals surface area (Å²) in [5.41, 5.74) is 6.85. The molecule has 11 heteroatoms. The minimum atomic E-state index is -0.472. The molecule has 0 aromatic carbocycles. The molecule has 0 amide bonds. The van der Waals surface area contributed by atoms with E-state index in [0.29, 0.717) is 0 Å². The van der Waals surface area contributed by atoms with Gasteiger partial charge >= 0.3 is 35.3 Å². The van der Waals surface area contributed by atoms with Crippen LogP contribution in [0.4, 0.5) is 0 Å². The Kier molecular flexibility index (Phi) is 17.7. The molecule has 4 aromatic rings. The molecule has 0 atom stereocenters. The van der Waals surface area contributed by atoms with Crippen molar-refractivity contribution < 1.29 is 56.2 Å². The van der Waals surface area contributed by atoms with Gasteiger partial charge in [0.05, 0.1) is 0 Å². The average molecular weight is 763 g/mol. The van der Waals surface area contributed by atoms with Crippen LogP contribution in [0.2, 0.25) is 0 Å². The van der Waals surface area contributed by atoms with Gasteiger partial charge in [-0.1, -0.05) is 0 Å². The van der Waals surface area contributed by atoms with Crippen molar-refractivity contribution in [3.05, 3.63) is 118 Å². The van der Waals surface area contributed by atoms with Crippen molar-refractivity contribution in [1.29, 1.82) is 0 Å². The quantitative estimate of drug-likeness (QED) is 0.155. The molecule has 4 heterocycles. The third kappa shape index (κ3) is 13.6. The normalized spacial score (nSPS) is 9.38. The van der Waals surface area contributed by atoms with E-state index in [-0.39, 0.29) is 0 Å². The Hall–Kier alpha value is -2.93. The number of pyridine rings is 4. The summed E-state index contributed by atoms with van der Waals surface area (Å²) in [6.07, 6.45) is 0. The van der Waals surface area contributed by atoms with Crippen LogP contribution in [0.5, 0.6) is 0 Å². The third-order valence-electron chi connectivity index (χ3n) is 5.37. The van der Waals surface area contributed by atoms with Gasteiger partial charge in [0.2, 0.25) is 45.6 Å². The fraction of sp³-hybridized carbons (Fsp3) is 0.286. The van der Waals surface area contributed by atoms with E-state index < -0.39 is 16.5 Å². The Morgan fingerprint density at radius 1 is 0.385 bits per heavy atom. The van der Waals surface area contributed by atoms with E-state index in [1.807, 2.05) is 128 Å². The average Bonchev–Trinajstić information content (AvgIpc) is 2.89. The first-order valence-electron chi connectivity index (χ1n) is 11.8. The summed E-state index contributed by atoms with van der Waals surface area (Å²) < 4.78 is 4.67. The Morgan fingerprint density at radius 2 is 0.487 bits per heavy atom. The first-order valence-corrected chi connectivity index (χ1v) is 17.4. The molecule has 0 saturated heterocycles. The van der Waals surface area contributed by atoms with Crippen LogP contribution in [-0.4, -0.2) is 20.8 Å². The summed E-state index contributed by atoms with van der Waals surface area (Å²) >= 11 is -0.472. The van der Waals surface area contributed by atoms with Gasteiger partial charge in [-0.25, -0.2) is 0 Å². The minimum absolute atomic E-state index is 0.472. The summed E-state index contributed by atoms with van der Waals surface area (Å²) in [4.78, 5) is 0. The molecule has 8 nitrogen and oxygen atoms in total. The van der Waals surface area contributed by atoms with Crippen LogP contribution in [0.1, 0.15) is 45.6 Å². The standard InChI is InChI=1S/4C7H10NO.2ClH.Pt/c4*1-6-4-3-5-7(2)8(6)9;;;/h4*3-5,9H,1-2H3;2*1H;/q4*+1;;;+2/p-2. The van der Waals surface area contributed by atoms with Crippen molar-refractivity contribution in [2.24, 2.45) is 0 Å². The van der Waals surface area contributed by atoms with Crippen molar-refractivity contribution >= 4 is 18.8 Å². The van der Waals surface area contributed by atoms with Crippen molar-refractivity contribution in [3.63, 3.8) is 0 Å². The second-order valence-corrected chi connectivity index (χ2v) is 11.8. The molecule has 0 saturated carbocycles. The van der Waals surface area contributed by atoms with Gasteiger partial charge in [-0.05, 0) is 24.3 Å². The number of hydrogen-bond acceptors (Lipinski definition) is 4. The van der Waals surface area contributed by atoms with Crippen LogP contribution in [0.3, 0.4) is 0 Å². The summed E-state index contributed by atoms with van der Waals surface area (Å²) in [6.45, 7) is 14.8. The van der Waals surface area contributed by atoms with Crippen LogP contribution in [0.25, 0.3) is 0 Å². The zero-order valence-corrected chi connectivity index (χ0v) is 27.4. The first-order chi connectivity index (χ1) is 18.3. The molecule has 0 spiro atoms. The van der Waals surface area contributed by atoms with Crippen LogP contribution in [0.15, 0.2) is 72.8 Å². The molecule has 4 rings (SSSR count). The molecule has 0 radical (unpaired) electrons. The zero-order valence-electron chi connectivity index (χ0n) is 23.6. The predicted octanol–water partition coefficient (Wildman–Crippen LogP) is 4.69. The summed E-state index contributed by atoms with van der Waals surface area (Å²) in [5.74, 6) is 0. The molecule has 0 aliphatic carbocycles. The fourth-order valence-electron chi connectivity index (χ4n) is 2.98. The molecule has 0 fully saturated rings. The Balaban J connectivity index is 0.000000477. The van der Waals surface area contributed by atoms with Gasteiger partial charge in [-0.3, -0.25) is 20.8 Å². The monoisotopic (exact) mass is 761 g/mol. The summed E-state index contributed by atoms with van der Waals surface area (Å²) in [5, 5.41) is 36.5. The summed E-state index contributed by atoms with van der Waals surface area (Å²) in [6, 6.07) is 22.5. The first kappa shape index (κ1) is 36.1. The molecular weight excluding hydrogens is 722 g/mol. The zero-order chi connectivity index (χ0) is 30.1. The van der Waals surface area contributed by atoms with E-state index >= 15 is 0 Å². The van der Waals surface area contributed by atoms with Crippen LogP contribution < -0.4 is 18.9 Å². The van der Waals surface area contributed by atoms with Crippen LogP contribution in [-0.2, 0) is 16.5 Å². The predicted molar refractivity (Wildman–Crippen MR) is 145 cm³/mol. The van der Waals surface area contributed by atoms with E-state index in [1.165, 1.54) is 18.9 Å². The molecule has 0 aliphatic rings. The maximum atomic E-state index is 9.12. The molecule has 0 bridgehead atoms. The Bertz CT molecular complexity index is 1030. The van der Waals surface area contributed by atoms with E-state index in [2.05, 4.69) is 0 Å². The summed E-state index contributed by atoms with van der Waals surface area (Å²) in [7, 11) is 9.75. The maximum absolute atomic E-state index is 9.12.